The number of methoxy groups -OCH3 is 2. The molecule has 0 aromatic heterocycles. The highest BCUT2D eigenvalue weighted by Gasteiger charge is 2.55. The Hall–Kier alpha value is -3.87. The number of hydrogen-bond acceptors (Lipinski definition) is 24. The SMILES string of the molecule is COc1ccc(CCO[C@@H]2O[C@H](CO[C@@H]3O[C@H](CO)[C@@H](O)[C@H](O)[C@H]3O)[C@@H](OC(=O)/C=C/c3ccc(O)c(OC)c3)[C@H](O[C@@H]3O[C@@H](C)[C@H](O)[C@@H](O)[C@H]3O[C@@H]3OC[C@H](O)[C@H](O)[C@H]3O)[C@H]2O)cc1O. The van der Waals surface area contributed by atoms with Crippen LogP contribution in [0.3, 0.4) is 0 Å². The van der Waals surface area contributed by atoms with E-state index in [1.54, 1.807) is 6.07 Å². The Morgan fingerprint density at radius 2 is 1.35 bits per heavy atom. The van der Waals surface area contributed by atoms with E-state index in [1.807, 2.05) is 0 Å². The highest BCUT2D eigenvalue weighted by molar-refractivity contribution is 5.87. The fourth-order valence-corrected chi connectivity index (χ4v) is 7.64. The molecule has 6 rings (SSSR count). The van der Waals surface area contributed by atoms with Gasteiger partial charge in [-0.25, -0.2) is 4.79 Å². The van der Waals surface area contributed by atoms with Crippen molar-refractivity contribution in [3.05, 3.63) is 53.6 Å². The van der Waals surface area contributed by atoms with Crippen LogP contribution in [-0.2, 0) is 53.8 Å². The molecule has 0 spiro atoms. The molecule has 19 atom stereocenters. The lowest BCUT2D eigenvalue weighted by Gasteiger charge is -2.48. The molecule has 2 aromatic carbocycles. The van der Waals surface area contributed by atoms with Gasteiger partial charge in [-0.2, -0.15) is 0 Å². The van der Waals surface area contributed by atoms with Gasteiger partial charge in [0.25, 0.3) is 0 Å². The molecule has 66 heavy (non-hydrogen) atoms. The molecule has 0 radical (unpaired) electrons. The van der Waals surface area contributed by atoms with Gasteiger partial charge in [0.1, 0.15) is 79.4 Å². The smallest absolute Gasteiger partial charge is 0.331 e. The third kappa shape index (κ3) is 11.9. The predicted octanol–water partition coefficient (Wildman–Crippen LogP) is -4.12. The molecule has 370 valence electrons. The molecule has 2 aromatic rings. The predicted molar refractivity (Wildman–Crippen MR) is 216 cm³/mol. The van der Waals surface area contributed by atoms with E-state index in [4.69, 9.17) is 52.1 Å². The summed E-state index contributed by atoms with van der Waals surface area (Å²) in [6, 6.07) is 8.79. The van der Waals surface area contributed by atoms with Crippen LogP contribution >= 0.6 is 0 Å². The molecule has 4 aliphatic heterocycles. The van der Waals surface area contributed by atoms with Crippen molar-refractivity contribution in [2.45, 2.75) is 130 Å². The van der Waals surface area contributed by atoms with Crippen LogP contribution in [0.1, 0.15) is 18.1 Å². The molecule has 4 fully saturated rings. The van der Waals surface area contributed by atoms with Gasteiger partial charge in [-0.3, -0.25) is 0 Å². The summed E-state index contributed by atoms with van der Waals surface area (Å²) in [5, 5.41) is 127. The lowest BCUT2D eigenvalue weighted by atomic mass is 9.96. The van der Waals surface area contributed by atoms with Crippen LogP contribution < -0.4 is 9.47 Å². The molecule has 0 amide bonds. The monoisotopic (exact) mass is 946 g/mol. The molecule has 0 saturated carbocycles. The van der Waals surface area contributed by atoms with E-state index in [-0.39, 0.29) is 36.0 Å². The van der Waals surface area contributed by atoms with Crippen molar-refractivity contribution >= 4 is 12.0 Å². The number of aliphatic hydroxyl groups excluding tert-OH is 10. The summed E-state index contributed by atoms with van der Waals surface area (Å²) >= 11 is 0. The van der Waals surface area contributed by atoms with E-state index in [2.05, 4.69) is 0 Å². The summed E-state index contributed by atoms with van der Waals surface area (Å²) < 4.78 is 63.0. The fraction of sp³-hybridized carbons (Fsp3) is 0.643. The lowest BCUT2D eigenvalue weighted by molar-refractivity contribution is -0.383. The number of aromatic hydroxyl groups is 2. The first kappa shape index (κ1) is 51.5. The van der Waals surface area contributed by atoms with E-state index in [1.165, 1.54) is 57.6 Å². The van der Waals surface area contributed by atoms with Crippen LogP contribution in [0.5, 0.6) is 23.0 Å². The molecule has 4 saturated heterocycles. The number of carbonyl (C=O) groups excluding carboxylic acids is 1. The normalized spacial score (nSPS) is 38.5. The molecule has 4 heterocycles. The zero-order chi connectivity index (χ0) is 48.0. The van der Waals surface area contributed by atoms with Crippen LogP contribution in [0, 0.1) is 0 Å². The van der Waals surface area contributed by atoms with Gasteiger partial charge in [0.05, 0.1) is 46.8 Å². The summed E-state index contributed by atoms with van der Waals surface area (Å²) in [7, 11) is 2.70. The Morgan fingerprint density at radius 3 is 2.05 bits per heavy atom. The van der Waals surface area contributed by atoms with Crippen LogP contribution in [0.25, 0.3) is 6.08 Å². The number of benzene rings is 2. The number of aliphatic hydroxyl groups is 10. The molecule has 24 heteroatoms. The Labute approximate surface area is 377 Å². The first-order valence-electron chi connectivity index (χ1n) is 20.9. The van der Waals surface area contributed by atoms with Gasteiger partial charge in [-0.15, -0.1) is 0 Å². The zero-order valence-corrected chi connectivity index (χ0v) is 35.9. The van der Waals surface area contributed by atoms with Crippen LogP contribution in [0.2, 0.25) is 0 Å². The first-order chi connectivity index (χ1) is 31.4. The average molecular weight is 947 g/mol. The zero-order valence-electron chi connectivity index (χ0n) is 35.9. The molecule has 0 aliphatic carbocycles. The fourth-order valence-electron chi connectivity index (χ4n) is 7.64. The number of ether oxygens (including phenoxy) is 11. The van der Waals surface area contributed by atoms with Crippen molar-refractivity contribution in [2.75, 3.05) is 40.6 Å². The lowest BCUT2D eigenvalue weighted by Crippen LogP contribution is -2.66. The van der Waals surface area contributed by atoms with E-state index in [0.29, 0.717) is 11.1 Å². The van der Waals surface area contributed by atoms with E-state index in [9.17, 15) is 66.1 Å². The van der Waals surface area contributed by atoms with Gasteiger partial charge in [-0.05, 0) is 54.8 Å². The van der Waals surface area contributed by atoms with Crippen molar-refractivity contribution in [2.24, 2.45) is 0 Å². The number of rotatable bonds is 17. The highest BCUT2D eigenvalue weighted by atomic mass is 16.8. The quantitative estimate of drug-likeness (QED) is 0.0529. The average Bonchev–Trinajstić information content (AvgIpc) is 3.30. The maximum Gasteiger partial charge on any atom is 0.331 e. The second kappa shape index (κ2) is 23.0. The minimum absolute atomic E-state index is 0.0886. The second-order valence-corrected chi connectivity index (χ2v) is 16.0. The number of esters is 1. The Morgan fingerprint density at radius 1 is 0.667 bits per heavy atom. The second-order valence-electron chi connectivity index (χ2n) is 16.0. The summed E-state index contributed by atoms with van der Waals surface area (Å²) in [6.45, 7) is -0.844. The summed E-state index contributed by atoms with van der Waals surface area (Å²) in [6.07, 6.45) is -30.1. The van der Waals surface area contributed by atoms with Gasteiger partial charge in [0.2, 0.25) is 0 Å². The summed E-state index contributed by atoms with van der Waals surface area (Å²) in [4.78, 5) is 13.7. The van der Waals surface area contributed by atoms with Crippen LogP contribution in [-0.4, -0.2) is 225 Å². The van der Waals surface area contributed by atoms with Gasteiger partial charge in [0.15, 0.2) is 54.3 Å². The standard InChI is InChI=1S/C42H58O24/c1-17-28(48)32(52)38(66-40-33(53)29(49)22(46)15-59-40)42(61-17)65-37-35(55)41(58-11-10-19-5-8-23(56-2)21(45)12-19)63-26(16-60-39-34(54)31(51)30(50)25(14-43)62-39)36(37)64-27(47)9-6-18-4-7-20(44)24(13-18)57-3/h4-9,12-13,17,22,25-26,28-46,48-55H,10-11,14-16H2,1-3H3/b9-6+/t17-,22-,25+,26+,28-,29-,30+,31-,32+,33+,34+,35+,36+,37+,38+,39+,40-,41+,42-/m0/s1. The molecular weight excluding hydrogens is 888 g/mol. The van der Waals surface area contributed by atoms with Gasteiger partial charge >= 0.3 is 5.97 Å². The van der Waals surface area contributed by atoms with E-state index in [0.717, 1.165) is 6.08 Å². The summed E-state index contributed by atoms with van der Waals surface area (Å²) in [5.41, 5.74) is 0.943. The third-order valence-corrected chi connectivity index (χ3v) is 11.5. The first-order valence-corrected chi connectivity index (χ1v) is 20.9. The third-order valence-electron chi connectivity index (χ3n) is 11.5. The number of phenols is 2. The van der Waals surface area contributed by atoms with Crippen LogP contribution in [0.4, 0.5) is 0 Å². The number of phenolic OH excluding ortho intramolecular Hbond substituents is 2. The Balaban J connectivity index is 1.33. The van der Waals surface area contributed by atoms with Crippen molar-refractivity contribution in [3.63, 3.8) is 0 Å². The summed E-state index contributed by atoms with van der Waals surface area (Å²) in [5.74, 6) is -1.12. The molecule has 0 bridgehead atoms. The molecule has 12 N–H and O–H groups in total. The minimum atomic E-state index is -1.93. The van der Waals surface area contributed by atoms with E-state index >= 15 is 0 Å². The number of carbonyl (C=O) groups is 1. The molecule has 4 aliphatic rings. The van der Waals surface area contributed by atoms with Crippen molar-refractivity contribution < 1.29 is 118 Å². The van der Waals surface area contributed by atoms with Gasteiger partial charge in [0, 0.05) is 6.08 Å². The van der Waals surface area contributed by atoms with Gasteiger partial charge < -0.3 is 113 Å². The Kier molecular flexibility index (Phi) is 17.9. The maximum absolute atomic E-state index is 13.7. The minimum Gasteiger partial charge on any atom is -0.504 e. The van der Waals surface area contributed by atoms with Gasteiger partial charge in [-0.1, -0.05) is 12.1 Å². The molecular formula is C42H58O24. The topological polar surface area (TPSA) is 361 Å². The molecule has 0 unspecified atom stereocenters. The van der Waals surface area contributed by atoms with E-state index < -0.39 is 143 Å². The maximum atomic E-state index is 13.7. The molecule has 24 nitrogen and oxygen atoms in total. The van der Waals surface area contributed by atoms with Crippen molar-refractivity contribution in [3.8, 4) is 23.0 Å². The Bertz CT molecular complexity index is 1900. The highest BCUT2D eigenvalue weighted by Crippen LogP contribution is 2.35. The number of hydrogen-bond donors (Lipinski definition) is 12. The largest absolute Gasteiger partial charge is 0.504 e. The van der Waals surface area contributed by atoms with Crippen molar-refractivity contribution in [1.82, 2.24) is 0 Å². The van der Waals surface area contributed by atoms with Crippen LogP contribution in [0.15, 0.2) is 42.5 Å². The van der Waals surface area contributed by atoms with Crippen molar-refractivity contribution in [1.29, 1.82) is 0 Å².